The second-order valence-electron chi connectivity index (χ2n) is 4.30. The first kappa shape index (κ1) is 16.2. The monoisotopic (exact) mass is 285 g/mol. The molecule has 0 radical (unpaired) electrons. The summed E-state index contributed by atoms with van der Waals surface area (Å²) in [7, 11) is 0. The predicted octanol–water partition coefficient (Wildman–Crippen LogP) is -0.0218. The fourth-order valence-electron chi connectivity index (χ4n) is 2.10. The van der Waals surface area contributed by atoms with Crippen LogP contribution in [0.2, 0.25) is 0 Å². The molecule has 1 aliphatic heterocycles. The minimum Gasteiger partial charge on any atom is -0.464 e. The zero-order valence-electron chi connectivity index (χ0n) is 11.8. The second-order valence-corrected chi connectivity index (χ2v) is 4.30. The van der Waals surface area contributed by atoms with Crippen LogP contribution in [-0.2, 0) is 23.9 Å². The molecule has 0 aromatic rings. The molecule has 1 amide bonds. The van der Waals surface area contributed by atoms with Crippen LogP contribution in [0.3, 0.4) is 0 Å². The van der Waals surface area contributed by atoms with Crippen LogP contribution in [-0.4, -0.2) is 52.7 Å². The van der Waals surface area contributed by atoms with E-state index < -0.39 is 29.5 Å². The molecule has 1 rings (SSSR count). The van der Waals surface area contributed by atoms with E-state index in [1.807, 2.05) is 0 Å². The molecule has 0 saturated carbocycles. The number of hydrogen-bond acceptors (Lipinski definition) is 6. The van der Waals surface area contributed by atoms with Gasteiger partial charge < -0.3 is 14.6 Å². The van der Waals surface area contributed by atoms with E-state index in [1.165, 1.54) is 19.2 Å². The van der Waals surface area contributed by atoms with Crippen molar-refractivity contribution < 1.29 is 29.0 Å². The van der Waals surface area contributed by atoms with E-state index in [2.05, 4.69) is 0 Å². The van der Waals surface area contributed by atoms with Crippen LogP contribution in [0.4, 0.5) is 0 Å². The van der Waals surface area contributed by atoms with E-state index in [0.717, 1.165) is 4.90 Å². The fraction of sp³-hybridized carbons (Fsp3) is 0.615. The summed E-state index contributed by atoms with van der Waals surface area (Å²) >= 11 is 0. The zero-order valence-corrected chi connectivity index (χ0v) is 11.8. The number of carbonyl (C=O) groups excluding carboxylic acids is 3. The van der Waals surface area contributed by atoms with E-state index in [4.69, 9.17) is 9.47 Å². The smallest absolute Gasteiger partial charge is 0.344 e. The number of esters is 2. The van der Waals surface area contributed by atoms with Crippen LogP contribution in [0.25, 0.3) is 0 Å². The first-order valence-electron chi connectivity index (χ1n) is 6.40. The van der Waals surface area contributed by atoms with Gasteiger partial charge in [0.2, 0.25) is 11.4 Å². The Kier molecular flexibility index (Phi) is 5.26. The van der Waals surface area contributed by atoms with Gasteiger partial charge in [0.1, 0.15) is 0 Å². The van der Waals surface area contributed by atoms with Crippen molar-refractivity contribution in [3.8, 4) is 0 Å². The van der Waals surface area contributed by atoms with Gasteiger partial charge in [0.15, 0.2) is 0 Å². The molecule has 1 unspecified atom stereocenters. The molecule has 7 heteroatoms. The lowest BCUT2D eigenvalue weighted by Gasteiger charge is -2.40. The molecule has 112 valence electrons. The molecule has 0 bridgehead atoms. The Morgan fingerprint density at radius 1 is 1.25 bits per heavy atom. The maximum atomic E-state index is 12.2. The van der Waals surface area contributed by atoms with Crippen molar-refractivity contribution in [1.29, 1.82) is 0 Å². The predicted molar refractivity (Wildman–Crippen MR) is 68.3 cm³/mol. The molecule has 20 heavy (non-hydrogen) atoms. The third-order valence-corrected chi connectivity index (χ3v) is 2.94. The van der Waals surface area contributed by atoms with Crippen molar-refractivity contribution in [3.05, 3.63) is 12.3 Å². The Balaban J connectivity index is 3.32. The van der Waals surface area contributed by atoms with Crippen molar-refractivity contribution in [2.24, 2.45) is 0 Å². The average Bonchev–Trinajstić information content (AvgIpc) is 2.38. The van der Waals surface area contributed by atoms with Crippen LogP contribution < -0.4 is 0 Å². The van der Waals surface area contributed by atoms with Gasteiger partial charge in [-0.1, -0.05) is 0 Å². The fourth-order valence-corrected chi connectivity index (χ4v) is 2.10. The number of aliphatic hydroxyl groups is 1. The molecule has 0 spiro atoms. The highest BCUT2D eigenvalue weighted by Gasteiger charge is 2.56. The summed E-state index contributed by atoms with van der Waals surface area (Å²) in [6, 6.07) is 0. The quantitative estimate of drug-likeness (QED) is 0.576. The normalized spacial score (nSPS) is 20.4. The van der Waals surface area contributed by atoms with Crippen LogP contribution in [0.1, 0.15) is 27.2 Å². The molecular weight excluding hydrogens is 266 g/mol. The van der Waals surface area contributed by atoms with Crippen LogP contribution in [0.15, 0.2) is 12.3 Å². The summed E-state index contributed by atoms with van der Waals surface area (Å²) in [5.41, 5.74) is -1.97. The summed E-state index contributed by atoms with van der Waals surface area (Å²) in [6.45, 7) is 4.49. The molecule has 0 aliphatic carbocycles. The highest BCUT2D eigenvalue weighted by Crippen LogP contribution is 2.30. The number of amides is 1. The second kappa shape index (κ2) is 6.51. The third kappa shape index (κ3) is 2.82. The van der Waals surface area contributed by atoms with Gasteiger partial charge >= 0.3 is 11.9 Å². The molecular formula is C13H19NO6. The van der Waals surface area contributed by atoms with Gasteiger partial charge in [-0.15, -0.1) is 0 Å². The minimum atomic E-state index is -1.97. The van der Waals surface area contributed by atoms with Crippen molar-refractivity contribution >= 4 is 17.8 Å². The molecule has 1 atom stereocenters. The van der Waals surface area contributed by atoms with E-state index in [1.54, 1.807) is 13.8 Å². The Bertz CT molecular complexity index is 413. The first-order chi connectivity index (χ1) is 9.40. The number of rotatable bonds is 4. The molecule has 1 aliphatic rings. The lowest BCUT2D eigenvalue weighted by Crippen LogP contribution is -2.63. The molecule has 0 aromatic carbocycles. The largest absolute Gasteiger partial charge is 0.464 e. The zero-order chi connectivity index (χ0) is 15.3. The van der Waals surface area contributed by atoms with Crippen molar-refractivity contribution in [2.45, 2.75) is 38.8 Å². The van der Waals surface area contributed by atoms with Gasteiger partial charge in [-0.2, -0.15) is 0 Å². The molecule has 7 nitrogen and oxygen atoms in total. The van der Waals surface area contributed by atoms with Gasteiger partial charge in [0.05, 0.1) is 19.3 Å². The van der Waals surface area contributed by atoms with E-state index in [0.29, 0.717) is 0 Å². The number of aliphatic hydroxyl groups excluding tert-OH is 1. The van der Waals surface area contributed by atoms with Gasteiger partial charge in [0.25, 0.3) is 0 Å². The molecule has 1 heterocycles. The Morgan fingerprint density at radius 3 is 2.15 bits per heavy atom. The Morgan fingerprint density at radius 2 is 1.75 bits per heavy atom. The molecule has 1 N–H and O–H groups in total. The Labute approximate surface area is 117 Å². The summed E-state index contributed by atoms with van der Waals surface area (Å²) < 4.78 is 9.80. The maximum Gasteiger partial charge on any atom is 0.344 e. The highest BCUT2D eigenvalue weighted by atomic mass is 16.6. The standard InChI is InChI=1S/C13H19NO6/c1-4-19-11(17)13(12(18)20-5-2)8-10(16)6-7-14(13)9(3)15/h6-7,10,16H,4-5,8H2,1-3H3. The first-order valence-corrected chi connectivity index (χ1v) is 6.40. The maximum absolute atomic E-state index is 12.2. The van der Waals surface area contributed by atoms with Crippen molar-refractivity contribution in [3.63, 3.8) is 0 Å². The highest BCUT2D eigenvalue weighted by molar-refractivity contribution is 6.08. The third-order valence-electron chi connectivity index (χ3n) is 2.94. The number of nitrogens with zero attached hydrogens (tertiary/aromatic N) is 1. The SMILES string of the molecule is CCOC(=O)C1(C(=O)OCC)CC(O)C=CN1C(C)=O. The summed E-state index contributed by atoms with van der Waals surface area (Å²) in [5, 5.41) is 9.74. The summed E-state index contributed by atoms with van der Waals surface area (Å²) in [4.78, 5) is 37.1. The van der Waals surface area contributed by atoms with Gasteiger partial charge in [-0.25, -0.2) is 9.59 Å². The molecule has 0 aromatic heterocycles. The van der Waals surface area contributed by atoms with E-state index in [-0.39, 0.29) is 19.6 Å². The topological polar surface area (TPSA) is 93.1 Å². The lowest BCUT2D eigenvalue weighted by atomic mass is 9.87. The number of ether oxygens (including phenoxy) is 2. The van der Waals surface area contributed by atoms with Crippen LogP contribution >= 0.6 is 0 Å². The van der Waals surface area contributed by atoms with Crippen molar-refractivity contribution in [2.75, 3.05) is 13.2 Å². The summed E-state index contributed by atoms with van der Waals surface area (Å²) in [6.07, 6.45) is 1.21. The summed E-state index contributed by atoms with van der Waals surface area (Å²) in [5.74, 6) is -2.33. The van der Waals surface area contributed by atoms with E-state index in [9.17, 15) is 19.5 Å². The van der Waals surface area contributed by atoms with Crippen LogP contribution in [0.5, 0.6) is 0 Å². The van der Waals surface area contributed by atoms with Crippen molar-refractivity contribution in [1.82, 2.24) is 4.90 Å². The van der Waals surface area contributed by atoms with Gasteiger partial charge in [0, 0.05) is 19.5 Å². The number of hydrogen-bond donors (Lipinski definition) is 1. The lowest BCUT2D eigenvalue weighted by molar-refractivity contribution is -0.179. The minimum absolute atomic E-state index is 0.0472. The Hall–Kier alpha value is -1.89. The number of carbonyl (C=O) groups is 3. The van der Waals surface area contributed by atoms with E-state index >= 15 is 0 Å². The van der Waals surface area contributed by atoms with Gasteiger partial charge in [-0.3, -0.25) is 9.69 Å². The molecule has 0 saturated heterocycles. The van der Waals surface area contributed by atoms with Crippen LogP contribution in [0, 0.1) is 0 Å². The van der Waals surface area contributed by atoms with Gasteiger partial charge in [-0.05, 0) is 19.9 Å². The molecule has 0 fully saturated rings. The average molecular weight is 285 g/mol.